The van der Waals surface area contributed by atoms with Crippen LogP contribution in [-0.4, -0.2) is 130 Å². The third-order valence-electron chi connectivity index (χ3n) is 13.3. The van der Waals surface area contributed by atoms with Crippen LogP contribution in [0, 0.1) is 0 Å². The molecule has 76 heavy (non-hydrogen) atoms. The number of carbonyl (C=O) groups is 1. The number of imidazole rings is 1. The van der Waals surface area contributed by atoms with E-state index in [0.29, 0.717) is 45.4 Å². The Morgan fingerprint density at radius 3 is 2.07 bits per heavy atom. The molecule has 9 atom stereocenters. The number of rotatable bonds is 21. The van der Waals surface area contributed by atoms with E-state index in [1.807, 2.05) is 78.9 Å². The number of nitrogens with zero attached hydrogens (tertiary/aromatic N) is 7. The summed E-state index contributed by atoms with van der Waals surface area (Å²) >= 11 is 0. The van der Waals surface area contributed by atoms with Crippen molar-refractivity contribution in [2.75, 3.05) is 59.3 Å². The first-order chi connectivity index (χ1) is 36.6. The van der Waals surface area contributed by atoms with E-state index < -0.39 is 80.6 Å². The molecule has 3 aromatic heterocycles. The number of benzene rings is 4. The number of fused-ring (bicyclic) bond motifs is 1. The summed E-state index contributed by atoms with van der Waals surface area (Å²) in [5.74, 6) is 1.67. The van der Waals surface area contributed by atoms with Gasteiger partial charge < -0.3 is 60.1 Å². The van der Waals surface area contributed by atoms with Crippen molar-refractivity contribution in [1.29, 1.82) is 0 Å². The number of carbonyl (C=O) groups excluding carboxylic acids is 1. The number of ether oxygens (including phenoxy) is 6. The molecular weight excluding hydrogens is 1000 g/mol. The van der Waals surface area contributed by atoms with Gasteiger partial charge in [-0.15, -0.1) is 0 Å². The maximum absolute atomic E-state index is 14.4. The Morgan fingerprint density at radius 2 is 1.46 bits per heavy atom. The van der Waals surface area contributed by atoms with Crippen LogP contribution in [0.5, 0.6) is 17.2 Å². The molecule has 0 spiro atoms. The number of nitrogens with one attached hydrogen (secondary N) is 1. The maximum atomic E-state index is 14.4. The lowest BCUT2D eigenvalue weighted by atomic mass is 9.80. The Morgan fingerprint density at radius 1 is 0.842 bits per heavy atom. The molecule has 4 aromatic carbocycles. The van der Waals surface area contributed by atoms with Gasteiger partial charge in [-0.05, 0) is 71.1 Å². The molecule has 7 aromatic rings. The summed E-state index contributed by atoms with van der Waals surface area (Å²) in [6, 6.07) is 30.3. The van der Waals surface area contributed by atoms with Gasteiger partial charge >= 0.3 is 13.5 Å². The number of aliphatic hydroxyl groups is 1. The topological polar surface area (TPSA) is 294 Å². The second kappa shape index (κ2) is 22.9. The monoisotopic (exact) mass is 1060 g/mol. The van der Waals surface area contributed by atoms with Gasteiger partial charge in [0.05, 0.1) is 53.0 Å². The SMILES string of the molecule is COc1ccc(C[C@H](N)C(=O)N[C@H]2[C@@H](O)[C@H](n3cnc4c(N(C)C)ncnc43)O[C@@H]2COP(=O)(O)O[C@H]2C[C@H](n3ccc(N)nc3=O)O[C@@H]2COC(c2ccccc2)(c2ccc(OC)cc2)c2ccc(OC)cc2)cc1. The molecule has 7 N–H and O–H groups in total. The number of nitrogens with two attached hydrogens (primary N) is 2. The second-order valence-corrected chi connectivity index (χ2v) is 19.7. The summed E-state index contributed by atoms with van der Waals surface area (Å²) in [6.45, 7) is -0.982. The number of methoxy groups -OCH3 is 3. The standard InChI is InChI=1S/C52H59N10O13P/c1-60(2)47-45-48(56-29-55-47)62(30-57-45)50-46(63)44(59-49(64)38(53)25-31-11-17-35(68-3)18-12-31)41(74-50)28-72-76(66,67)75-39-26-43(61-24-23-42(54)58-51(61)65)73-40(39)27-71-52(32-9-7-6-8-10-32,33-13-19-36(69-4)20-14-33)34-15-21-37(70-5)22-16-34/h6-24,29-30,38-41,43-44,46,50,63H,25-28,53H2,1-5H3,(H,59,64)(H,66,67)(H2,54,58,65)/t38-,39-,40+,41+,43+,44+,46+,50+/m0/s1. The van der Waals surface area contributed by atoms with Crippen LogP contribution >= 0.6 is 7.82 Å². The average molecular weight is 1060 g/mol. The molecule has 0 aliphatic carbocycles. The molecule has 0 saturated carbocycles. The van der Waals surface area contributed by atoms with E-state index in [9.17, 15) is 24.2 Å². The van der Waals surface area contributed by atoms with Gasteiger partial charge in [-0.3, -0.25) is 23.0 Å². The lowest BCUT2D eigenvalue weighted by Gasteiger charge is -2.37. The van der Waals surface area contributed by atoms with Gasteiger partial charge in [-0.25, -0.2) is 24.3 Å². The van der Waals surface area contributed by atoms with Crippen molar-refractivity contribution >= 4 is 36.5 Å². The molecule has 1 unspecified atom stereocenters. The minimum atomic E-state index is -5.16. The Hall–Kier alpha value is -7.31. The first-order valence-electron chi connectivity index (χ1n) is 24.1. The van der Waals surface area contributed by atoms with Crippen molar-refractivity contribution < 1.29 is 56.8 Å². The van der Waals surface area contributed by atoms with E-state index in [0.717, 1.165) is 11.1 Å². The highest BCUT2D eigenvalue weighted by Gasteiger charge is 2.49. The van der Waals surface area contributed by atoms with E-state index in [1.165, 1.54) is 34.1 Å². The molecule has 0 bridgehead atoms. The zero-order chi connectivity index (χ0) is 53.7. The normalized spacial score (nSPS) is 21.7. The fourth-order valence-electron chi connectivity index (χ4n) is 9.45. The minimum absolute atomic E-state index is 0.0187. The Balaban J connectivity index is 1.00. The Labute approximate surface area is 436 Å². The van der Waals surface area contributed by atoms with Gasteiger partial charge in [0, 0.05) is 26.7 Å². The molecule has 9 rings (SSSR count). The predicted octanol–water partition coefficient (Wildman–Crippen LogP) is 3.87. The summed E-state index contributed by atoms with van der Waals surface area (Å²) in [7, 11) is 3.10. The summed E-state index contributed by atoms with van der Waals surface area (Å²) in [5.41, 5.74) is 13.8. The highest BCUT2D eigenvalue weighted by Crippen LogP contribution is 2.50. The first kappa shape index (κ1) is 53.5. The molecule has 2 aliphatic rings. The van der Waals surface area contributed by atoms with Crippen LogP contribution in [0.15, 0.2) is 133 Å². The summed E-state index contributed by atoms with van der Waals surface area (Å²) in [6.07, 6.45) is -3.42. The van der Waals surface area contributed by atoms with Gasteiger partial charge in [0.1, 0.15) is 65.6 Å². The molecule has 2 fully saturated rings. The van der Waals surface area contributed by atoms with Gasteiger partial charge in [0.15, 0.2) is 23.2 Å². The van der Waals surface area contributed by atoms with E-state index >= 15 is 0 Å². The van der Waals surface area contributed by atoms with Crippen LogP contribution in [-0.2, 0) is 44.6 Å². The number of anilines is 2. The number of amides is 1. The fraction of sp³-hybridized carbons (Fsp3) is 0.346. The van der Waals surface area contributed by atoms with Gasteiger partial charge in [0.25, 0.3) is 0 Å². The number of phosphoric acid groups is 1. The zero-order valence-corrected chi connectivity index (χ0v) is 43.1. The highest BCUT2D eigenvalue weighted by molar-refractivity contribution is 7.47. The third kappa shape index (κ3) is 11.3. The number of aliphatic hydroxyl groups excluding tert-OH is 1. The zero-order valence-electron chi connectivity index (χ0n) is 42.2. The van der Waals surface area contributed by atoms with E-state index in [-0.39, 0.29) is 25.3 Å². The van der Waals surface area contributed by atoms with Crippen molar-refractivity contribution in [3.05, 3.63) is 161 Å². The predicted molar refractivity (Wildman–Crippen MR) is 277 cm³/mol. The molecule has 24 heteroatoms. The Kier molecular flexibility index (Phi) is 16.1. The smallest absolute Gasteiger partial charge is 0.472 e. The number of hydrogen-bond acceptors (Lipinski definition) is 19. The number of aromatic nitrogens is 6. The molecule has 5 heterocycles. The maximum Gasteiger partial charge on any atom is 0.472 e. The van der Waals surface area contributed by atoms with Crippen LogP contribution in [0.1, 0.15) is 41.1 Å². The number of hydrogen-bond donors (Lipinski definition) is 5. The quantitative estimate of drug-likeness (QED) is 0.0504. The highest BCUT2D eigenvalue weighted by atomic mass is 31.2. The van der Waals surface area contributed by atoms with Crippen molar-refractivity contribution in [2.24, 2.45) is 5.73 Å². The average Bonchev–Trinajstić information content (AvgIpc) is 4.13. The van der Waals surface area contributed by atoms with Crippen LogP contribution in [0.3, 0.4) is 0 Å². The van der Waals surface area contributed by atoms with Crippen LogP contribution in [0.4, 0.5) is 11.6 Å². The van der Waals surface area contributed by atoms with Crippen LogP contribution in [0.25, 0.3) is 11.2 Å². The molecule has 23 nitrogen and oxygen atoms in total. The lowest BCUT2D eigenvalue weighted by Crippen LogP contribution is -2.53. The summed E-state index contributed by atoms with van der Waals surface area (Å²) in [5, 5.41) is 14.8. The second-order valence-electron chi connectivity index (χ2n) is 18.3. The van der Waals surface area contributed by atoms with Crippen LogP contribution < -0.4 is 41.6 Å². The van der Waals surface area contributed by atoms with Gasteiger partial charge in [-0.2, -0.15) is 4.98 Å². The molecule has 1 amide bonds. The van der Waals surface area contributed by atoms with Gasteiger partial charge in [-0.1, -0.05) is 66.7 Å². The first-order valence-corrected chi connectivity index (χ1v) is 25.6. The number of phosphoric ester groups is 1. The molecular formula is C52H59N10O13P. The van der Waals surface area contributed by atoms with E-state index in [4.69, 9.17) is 48.9 Å². The van der Waals surface area contributed by atoms with Crippen molar-refractivity contribution in [3.8, 4) is 17.2 Å². The molecule has 2 saturated heterocycles. The van der Waals surface area contributed by atoms with Crippen molar-refractivity contribution in [1.82, 2.24) is 34.4 Å². The summed E-state index contributed by atoms with van der Waals surface area (Å²) < 4.78 is 65.1. The van der Waals surface area contributed by atoms with Crippen LogP contribution in [0.2, 0.25) is 0 Å². The molecule has 400 valence electrons. The third-order valence-corrected chi connectivity index (χ3v) is 14.3. The Bertz CT molecular complexity index is 3160. The summed E-state index contributed by atoms with van der Waals surface area (Å²) in [4.78, 5) is 57.6. The lowest BCUT2D eigenvalue weighted by molar-refractivity contribution is -0.124. The van der Waals surface area contributed by atoms with Gasteiger partial charge in [0.2, 0.25) is 5.91 Å². The molecule has 2 aliphatic heterocycles. The number of nitrogen functional groups attached to an aromatic ring is 1. The fourth-order valence-corrected chi connectivity index (χ4v) is 10.4. The van der Waals surface area contributed by atoms with Crippen molar-refractivity contribution in [3.63, 3.8) is 0 Å². The largest absolute Gasteiger partial charge is 0.497 e. The van der Waals surface area contributed by atoms with E-state index in [1.54, 1.807) is 64.6 Å². The van der Waals surface area contributed by atoms with E-state index in [2.05, 4.69) is 25.3 Å². The minimum Gasteiger partial charge on any atom is -0.497 e. The molecule has 0 radical (unpaired) electrons. The van der Waals surface area contributed by atoms with Crippen molar-refractivity contribution in [2.45, 2.75) is 67.4 Å².